The van der Waals surface area contributed by atoms with E-state index in [-0.39, 0.29) is 22.5 Å². The van der Waals surface area contributed by atoms with Crippen LogP contribution in [0.2, 0.25) is 5.02 Å². The minimum atomic E-state index is -4.47. The lowest BCUT2D eigenvalue weighted by Gasteiger charge is -2.23. The van der Waals surface area contributed by atoms with Gasteiger partial charge in [0.25, 0.3) is 0 Å². The molecule has 0 saturated heterocycles. The molecule has 1 aromatic heterocycles. The summed E-state index contributed by atoms with van der Waals surface area (Å²) in [7, 11) is 0. The van der Waals surface area contributed by atoms with Gasteiger partial charge in [-0.2, -0.15) is 13.2 Å². The van der Waals surface area contributed by atoms with Crippen molar-refractivity contribution in [2.24, 2.45) is 5.92 Å². The van der Waals surface area contributed by atoms with Crippen molar-refractivity contribution < 1.29 is 18.0 Å². The van der Waals surface area contributed by atoms with E-state index in [2.05, 4.69) is 15.6 Å². The van der Waals surface area contributed by atoms with Gasteiger partial charge in [0, 0.05) is 11.6 Å². The number of hydrogen-bond donors (Lipinski definition) is 2. The molecule has 1 amide bonds. The molecule has 1 atom stereocenters. The Balaban J connectivity index is 2.17. The minimum absolute atomic E-state index is 0.0995. The standard InChI is InChI=1S/C15H15ClF3N3OS/c1-8(2)12(13(23)22-14-20-5-6-24-14)21-11-4-3-9(7-10(11)16)15(17,18)19/h3-8,12,21H,1-2H3,(H,20,22,23)/t12-/m1/s1. The Kier molecular flexibility index (Phi) is 5.71. The molecule has 1 aromatic carbocycles. The summed E-state index contributed by atoms with van der Waals surface area (Å²) in [4.78, 5) is 16.3. The van der Waals surface area contributed by atoms with Crippen LogP contribution in [-0.2, 0) is 11.0 Å². The van der Waals surface area contributed by atoms with E-state index in [1.807, 2.05) is 13.8 Å². The van der Waals surface area contributed by atoms with Crippen LogP contribution in [0.4, 0.5) is 24.0 Å². The third-order valence-electron chi connectivity index (χ3n) is 3.22. The first-order chi connectivity index (χ1) is 11.2. The number of thiazole rings is 1. The van der Waals surface area contributed by atoms with Crippen molar-refractivity contribution >= 4 is 39.7 Å². The predicted octanol–water partition coefficient (Wildman–Crippen LogP) is 4.89. The monoisotopic (exact) mass is 377 g/mol. The van der Waals surface area contributed by atoms with E-state index in [0.29, 0.717) is 5.13 Å². The summed E-state index contributed by atoms with van der Waals surface area (Å²) in [6.07, 6.45) is -2.91. The van der Waals surface area contributed by atoms with Gasteiger partial charge in [-0.05, 0) is 24.1 Å². The topological polar surface area (TPSA) is 54.0 Å². The highest BCUT2D eigenvalue weighted by Crippen LogP contribution is 2.34. The summed E-state index contributed by atoms with van der Waals surface area (Å²) >= 11 is 7.20. The third kappa shape index (κ3) is 4.61. The number of carbonyl (C=O) groups is 1. The lowest BCUT2D eigenvalue weighted by Crippen LogP contribution is -2.39. The van der Waals surface area contributed by atoms with E-state index < -0.39 is 17.8 Å². The van der Waals surface area contributed by atoms with Gasteiger partial charge in [0.1, 0.15) is 6.04 Å². The number of alkyl halides is 3. The molecule has 0 aliphatic rings. The lowest BCUT2D eigenvalue weighted by atomic mass is 10.0. The largest absolute Gasteiger partial charge is 0.416 e. The number of hydrogen-bond acceptors (Lipinski definition) is 4. The highest BCUT2D eigenvalue weighted by molar-refractivity contribution is 7.13. The molecule has 2 rings (SSSR count). The lowest BCUT2D eigenvalue weighted by molar-refractivity contribution is -0.137. The summed E-state index contributed by atoms with van der Waals surface area (Å²) < 4.78 is 38.0. The highest BCUT2D eigenvalue weighted by Gasteiger charge is 2.31. The maximum atomic E-state index is 12.7. The van der Waals surface area contributed by atoms with Crippen LogP contribution in [0.3, 0.4) is 0 Å². The quantitative estimate of drug-likeness (QED) is 0.780. The van der Waals surface area contributed by atoms with Crippen molar-refractivity contribution in [1.82, 2.24) is 4.98 Å². The highest BCUT2D eigenvalue weighted by atomic mass is 35.5. The fourth-order valence-electron chi connectivity index (χ4n) is 1.98. The summed E-state index contributed by atoms with van der Waals surface area (Å²) in [6, 6.07) is 2.30. The Hall–Kier alpha value is -1.80. The molecular weight excluding hydrogens is 363 g/mol. The normalized spacial score (nSPS) is 13.0. The van der Waals surface area contributed by atoms with Crippen LogP contribution in [0.25, 0.3) is 0 Å². The van der Waals surface area contributed by atoms with E-state index in [0.717, 1.165) is 12.1 Å². The molecule has 0 unspecified atom stereocenters. The first-order valence-corrected chi connectivity index (χ1v) is 8.28. The van der Waals surface area contributed by atoms with Crippen LogP contribution in [0.15, 0.2) is 29.8 Å². The average molecular weight is 378 g/mol. The Bertz CT molecular complexity index is 704. The second-order valence-electron chi connectivity index (χ2n) is 5.38. The van der Waals surface area contributed by atoms with E-state index in [4.69, 9.17) is 11.6 Å². The van der Waals surface area contributed by atoms with Crippen LogP contribution in [-0.4, -0.2) is 16.9 Å². The van der Waals surface area contributed by atoms with Crippen LogP contribution in [0.5, 0.6) is 0 Å². The number of nitrogens with zero attached hydrogens (tertiary/aromatic N) is 1. The number of amides is 1. The Morgan fingerprint density at radius 3 is 2.54 bits per heavy atom. The Labute approximate surface area is 146 Å². The molecule has 9 heteroatoms. The maximum Gasteiger partial charge on any atom is 0.416 e. The fourth-order valence-corrected chi connectivity index (χ4v) is 2.75. The van der Waals surface area contributed by atoms with Gasteiger partial charge in [0.2, 0.25) is 5.91 Å². The molecule has 4 nitrogen and oxygen atoms in total. The smallest absolute Gasteiger partial charge is 0.372 e. The molecule has 2 aromatic rings. The van der Waals surface area contributed by atoms with Gasteiger partial charge in [-0.1, -0.05) is 25.4 Å². The number of halogens is 4. The molecule has 130 valence electrons. The van der Waals surface area contributed by atoms with E-state index in [1.165, 1.54) is 17.4 Å². The predicted molar refractivity (Wildman–Crippen MR) is 89.4 cm³/mol. The summed E-state index contributed by atoms with van der Waals surface area (Å²) in [5.41, 5.74) is -0.580. The zero-order valence-electron chi connectivity index (χ0n) is 12.8. The minimum Gasteiger partial charge on any atom is -0.372 e. The molecule has 1 heterocycles. The van der Waals surface area contributed by atoms with Crippen molar-refractivity contribution in [3.8, 4) is 0 Å². The summed E-state index contributed by atoms with van der Waals surface area (Å²) in [5.74, 6) is -0.459. The third-order valence-corrected chi connectivity index (χ3v) is 4.22. The van der Waals surface area contributed by atoms with Crippen molar-refractivity contribution in [3.05, 3.63) is 40.4 Å². The molecule has 0 bridgehead atoms. The van der Waals surface area contributed by atoms with Gasteiger partial charge in [0.05, 0.1) is 16.3 Å². The molecule has 0 saturated carbocycles. The molecular formula is C15H15ClF3N3OS. The second-order valence-corrected chi connectivity index (χ2v) is 6.69. The molecule has 0 radical (unpaired) electrons. The van der Waals surface area contributed by atoms with Gasteiger partial charge >= 0.3 is 6.18 Å². The molecule has 0 aliphatic carbocycles. The molecule has 2 N–H and O–H groups in total. The average Bonchev–Trinajstić information content (AvgIpc) is 2.97. The fraction of sp³-hybridized carbons (Fsp3) is 0.333. The van der Waals surface area contributed by atoms with Gasteiger partial charge in [0.15, 0.2) is 5.13 Å². The number of benzene rings is 1. The first-order valence-electron chi connectivity index (χ1n) is 7.02. The van der Waals surface area contributed by atoms with Crippen LogP contribution >= 0.6 is 22.9 Å². The molecule has 0 aliphatic heterocycles. The number of anilines is 2. The van der Waals surface area contributed by atoms with Crippen LogP contribution < -0.4 is 10.6 Å². The number of nitrogens with one attached hydrogen (secondary N) is 2. The maximum absolute atomic E-state index is 12.7. The van der Waals surface area contributed by atoms with Crippen LogP contribution in [0.1, 0.15) is 19.4 Å². The van der Waals surface area contributed by atoms with Gasteiger partial charge in [-0.25, -0.2) is 4.98 Å². The number of rotatable bonds is 5. The number of carbonyl (C=O) groups excluding carboxylic acids is 1. The van der Waals surface area contributed by atoms with E-state index in [9.17, 15) is 18.0 Å². The van der Waals surface area contributed by atoms with Gasteiger partial charge in [-0.3, -0.25) is 4.79 Å². The SMILES string of the molecule is CC(C)[C@@H](Nc1ccc(C(F)(F)F)cc1Cl)C(=O)Nc1nccs1. The molecule has 0 spiro atoms. The number of aromatic nitrogens is 1. The van der Waals surface area contributed by atoms with Crippen LogP contribution in [0, 0.1) is 5.92 Å². The van der Waals surface area contributed by atoms with Crippen molar-refractivity contribution in [1.29, 1.82) is 0 Å². The first kappa shape index (κ1) is 18.5. The van der Waals surface area contributed by atoms with Gasteiger partial charge in [-0.15, -0.1) is 11.3 Å². The van der Waals surface area contributed by atoms with E-state index in [1.54, 1.807) is 11.6 Å². The molecule has 0 fully saturated rings. The van der Waals surface area contributed by atoms with Crippen molar-refractivity contribution in [3.63, 3.8) is 0 Å². The van der Waals surface area contributed by atoms with Crippen molar-refractivity contribution in [2.45, 2.75) is 26.1 Å². The van der Waals surface area contributed by atoms with E-state index >= 15 is 0 Å². The zero-order chi connectivity index (χ0) is 17.9. The Morgan fingerprint density at radius 1 is 1.33 bits per heavy atom. The molecule has 24 heavy (non-hydrogen) atoms. The summed E-state index contributed by atoms with van der Waals surface area (Å²) in [5, 5.41) is 7.64. The Morgan fingerprint density at radius 2 is 2.04 bits per heavy atom. The zero-order valence-corrected chi connectivity index (χ0v) is 14.4. The van der Waals surface area contributed by atoms with Gasteiger partial charge < -0.3 is 10.6 Å². The summed E-state index contributed by atoms with van der Waals surface area (Å²) in [6.45, 7) is 3.63. The second kappa shape index (κ2) is 7.40. The van der Waals surface area contributed by atoms with Crippen molar-refractivity contribution in [2.75, 3.05) is 10.6 Å².